The highest BCUT2D eigenvalue weighted by molar-refractivity contribution is 6.35. The molecule has 1 unspecified atom stereocenters. The van der Waals surface area contributed by atoms with Crippen LogP contribution in [0.1, 0.15) is 52.5 Å². The van der Waals surface area contributed by atoms with Crippen LogP contribution in [0.4, 0.5) is 18.9 Å². The first-order valence-corrected chi connectivity index (χ1v) is 16.7. The van der Waals surface area contributed by atoms with E-state index in [2.05, 4.69) is 31.1 Å². The van der Waals surface area contributed by atoms with Gasteiger partial charge in [-0.1, -0.05) is 50.0 Å². The summed E-state index contributed by atoms with van der Waals surface area (Å²) in [6.07, 6.45) is -1.63. The lowest BCUT2D eigenvalue weighted by Gasteiger charge is -2.61. The van der Waals surface area contributed by atoms with E-state index in [4.69, 9.17) is 32.9 Å². The number of nitrogens with zero attached hydrogens (tertiary/aromatic N) is 4. The van der Waals surface area contributed by atoms with Crippen LogP contribution in [0.25, 0.3) is 10.9 Å². The minimum atomic E-state index is -5.06. The van der Waals surface area contributed by atoms with E-state index < -0.39 is 24.3 Å². The first-order chi connectivity index (χ1) is 22.1. The van der Waals surface area contributed by atoms with E-state index in [0.29, 0.717) is 69.9 Å². The van der Waals surface area contributed by atoms with Gasteiger partial charge < -0.3 is 15.0 Å². The molecule has 0 spiro atoms. The molecular formula is C34H38Cl2F3N5O3. The van der Waals surface area contributed by atoms with Crippen molar-refractivity contribution in [3.05, 3.63) is 68.7 Å². The maximum Gasteiger partial charge on any atom is 0.490 e. The van der Waals surface area contributed by atoms with Gasteiger partial charge in [0.2, 0.25) is 0 Å². The molecule has 1 aromatic heterocycles. The molecule has 2 bridgehead atoms. The number of ether oxygens (including phenoxy) is 1. The zero-order valence-electron chi connectivity index (χ0n) is 26.7. The summed E-state index contributed by atoms with van der Waals surface area (Å²) in [7, 11) is 0. The molecule has 1 N–H and O–H groups in total. The number of nitrogens with one attached hydrogen (secondary N) is 1. The SMILES string of the molecule is C[C@@H]1C(N=C(Nc2ccc3c(=O)n(CCc4ccc(Cl)cc4Cl)cnc3c2)N2CC[C@H](OC(=O)C(F)(F)F)[C@H]2C)C[C@@H]2C[C@H]1C2(C)C. The van der Waals surface area contributed by atoms with Crippen LogP contribution in [-0.4, -0.2) is 57.3 Å². The van der Waals surface area contributed by atoms with Gasteiger partial charge in [-0.2, -0.15) is 13.2 Å². The lowest BCUT2D eigenvalue weighted by atomic mass is 9.45. The van der Waals surface area contributed by atoms with E-state index in [-0.39, 0.29) is 23.4 Å². The Morgan fingerprint density at radius 3 is 2.60 bits per heavy atom. The maximum atomic E-state index is 13.4. The number of rotatable bonds is 6. The van der Waals surface area contributed by atoms with Crippen LogP contribution in [0.5, 0.6) is 0 Å². The molecular weight excluding hydrogens is 654 g/mol. The molecule has 6 atom stereocenters. The highest BCUT2D eigenvalue weighted by atomic mass is 35.5. The number of aryl methyl sites for hydroxylation is 2. The number of aromatic nitrogens is 2. The van der Waals surface area contributed by atoms with E-state index in [9.17, 15) is 22.8 Å². The molecule has 7 rings (SSSR count). The molecule has 2 aromatic carbocycles. The van der Waals surface area contributed by atoms with Gasteiger partial charge in [-0.05, 0) is 85.3 Å². The fourth-order valence-corrected chi connectivity index (χ4v) is 8.19. The van der Waals surface area contributed by atoms with Gasteiger partial charge in [0.15, 0.2) is 5.96 Å². The van der Waals surface area contributed by atoms with Crippen molar-refractivity contribution in [3.63, 3.8) is 0 Å². The Kier molecular flexibility index (Phi) is 9.02. The van der Waals surface area contributed by atoms with E-state index in [1.165, 1.54) is 12.7 Å². The molecule has 1 saturated heterocycles. The van der Waals surface area contributed by atoms with Gasteiger partial charge in [0.1, 0.15) is 6.10 Å². The number of guanidine groups is 1. The number of hydrogen-bond acceptors (Lipinski definition) is 5. The summed E-state index contributed by atoms with van der Waals surface area (Å²) in [6.45, 7) is 9.33. The van der Waals surface area contributed by atoms with Crippen LogP contribution < -0.4 is 10.9 Å². The fraction of sp³-hybridized carbons (Fsp3) is 0.529. The van der Waals surface area contributed by atoms with Gasteiger partial charge in [-0.25, -0.2) is 14.8 Å². The lowest BCUT2D eigenvalue weighted by molar-refractivity contribution is -0.205. The van der Waals surface area contributed by atoms with Crippen LogP contribution >= 0.6 is 23.2 Å². The van der Waals surface area contributed by atoms with Gasteiger partial charge in [0, 0.05) is 35.2 Å². The number of likely N-dealkylation sites (tertiary alicyclic amines) is 1. The summed E-state index contributed by atoms with van der Waals surface area (Å²) >= 11 is 12.3. The van der Waals surface area contributed by atoms with Crippen molar-refractivity contribution in [1.29, 1.82) is 0 Å². The molecule has 0 radical (unpaired) electrons. The van der Waals surface area contributed by atoms with Gasteiger partial charge >= 0.3 is 12.1 Å². The maximum absolute atomic E-state index is 13.4. The first-order valence-electron chi connectivity index (χ1n) is 16.0. The van der Waals surface area contributed by atoms with Crippen molar-refractivity contribution in [2.45, 2.75) is 84.3 Å². The van der Waals surface area contributed by atoms with Gasteiger partial charge in [-0.15, -0.1) is 0 Å². The Morgan fingerprint density at radius 2 is 1.91 bits per heavy atom. The van der Waals surface area contributed by atoms with E-state index >= 15 is 0 Å². The van der Waals surface area contributed by atoms with Crippen LogP contribution in [0.3, 0.4) is 0 Å². The summed E-state index contributed by atoms with van der Waals surface area (Å²) in [4.78, 5) is 36.6. The predicted octanol–water partition coefficient (Wildman–Crippen LogP) is 7.35. The Hall–Kier alpha value is -3.31. The third-order valence-corrected chi connectivity index (χ3v) is 11.4. The number of carbonyl (C=O) groups excluding carboxylic acids is 1. The molecule has 3 aliphatic carbocycles. The van der Waals surface area contributed by atoms with Crippen molar-refractivity contribution < 1.29 is 22.7 Å². The van der Waals surface area contributed by atoms with Crippen molar-refractivity contribution in [2.24, 2.45) is 28.2 Å². The molecule has 1 aliphatic heterocycles. The Bertz CT molecular complexity index is 1780. The first kappa shape index (κ1) is 33.6. The number of alkyl halides is 3. The summed E-state index contributed by atoms with van der Waals surface area (Å²) in [5, 5.41) is 4.91. The summed E-state index contributed by atoms with van der Waals surface area (Å²) < 4.78 is 45.4. The molecule has 47 heavy (non-hydrogen) atoms. The number of aliphatic imine (C=N–C) groups is 1. The largest absolute Gasteiger partial charge is 0.490 e. The lowest BCUT2D eigenvalue weighted by Crippen LogP contribution is -2.56. The van der Waals surface area contributed by atoms with Crippen LogP contribution in [0, 0.1) is 23.2 Å². The summed E-state index contributed by atoms with van der Waals surface area (Å²) in [6, 6.07) is 9.99. The van der Waals surface area contributed by atoms with Crippen molar-refractivity contribution >= 4 is 51.7 Å². The van der Waals surface area contributed by atoms with E-state index in [1.54, 1.807) is 41.8 Å². The van der Waals surface area contributed by atoms with Crippen molar-refractivity contribution in [3.8, 4) is 0 Å². The third-order valence-electron chi connectivity index (χ3n) is 10.8. The normalized spacial score (nSPS) is 27.1. The zero-order valence-corrected chi connectivity index (χ0v) is 28.2. The molecule has 4 fully saturated rings. The predicted molar refractivity (Wildman–Crippen MR) is 177 cm³/mol. The number of halogens is 5. The highest BCUT2D eigenvalue weighted by Crippen LogP contribution is 2.61. The molecule has 13 heteroatoms. The molecule has 0 amide bonds. The zero-order chi connectivity index (χ0) is 33.8. The van der Waals surface area contributed by atoms with Crippen LogP contribution in [0.2, 0.25) is 10.0 Å². The molecule has 3 saturated carbocycles. The quantitative estimate of drug-likeness (QED) is 0.165. The number of hydrogen-bond donors (Lipinski definition) is 1. The molecule has 4 aliphatic rings. The van der Waals surface area contributed by atoms with E-state index in [0.717, 1.165) is 12.0 Å². The number of esters is 1. The minimum Gasteiger partial charge on any atom is -0.453 e. The second-order valence-electron chi connectivity index (χ2n) is 13.7. The second kappa shape index (κ2) is 12.6. The van der Waals surface area contributed by atoms with E-state index in [1.807, 2.05) is 11.0 Å². The van der Waals surface area contributed by atoms with Crippen molar-refractivity contribution in [2.75, 3.05) is 11.9 Å². The smallest absolute Gasteiger partial charge is 0.453 e. The average molecular weight is 693 g/mol. The molecule has 3 aromatic rings. The number of carbonyl (C=O) groups is 1. The summed E-state index contributed by atoms with van der Waals surface area (Å²) in [5.74, 6) is -0.267. The average Bonchev–Trinajstić information content (AvgIpc) is 3.36. The molecule has 252 valence electrons. The van der Waals surface area contributed by atoms with Crippen LogP contribution in [0.15, 0.2) is 52.5 Å². The number of fused-ring (bicyclic) bond motifs is 3. The fourth-order valence-electron chi connectivity index (χ4n) is 7.69. The standard InChI is InChI=1S/C34H38Cl2F3N5O3/c1-18-25-13-21(33(25,3)4)14-27(18)42-32(44-12-10-29(19(44)2)47-31(46)34(37,38)39)41-23-7-8-24-28(16-23)40-17-43(30(24)45)11-9-20-5-6-22(35)15-26(20)36/h5-8,15-19,21,25,27,29H,9-14H2,1-4H3,(H,41,42)/t18-,19+,21-,25+,27?,29-/m0/s1. The molecule has 8 nitrogen and oxygen atoms in total. The van der Waals surface area contributed by atoms with Gasteiger partial charge in [-0.3, -0.25) is 9.36 Å². The minimum absolute atomic E-state index is 0.0261. The van der Waals surface area contributed by atoms with Gasteiger partial charge in [0.05, 0.1) is 29.3 Å². The third kappa shape index (κ3) is 6.57. The second-order valence-corrected chi connectivity index (χ2v) is 14.6. The Balaban J connectivity index is 1.25. The van der Waals surface area contributed by atoms with Gasteiger partial charge in [0.25, 0.3) is 5.56 Å². The number of benzene rings is 2. The molecule has 2 heterocycles. The Labute approximate surface area is 281 Å². The number of anilines is 1. The highest BCUT2D eigenvalue weighted by Gasteiger charge is 2.56. The van der Waals surface area contributed by atoms with Crippen molar-refractivity contribution in [1.82, 2.24) is 14.5 Å². The monoisotopic (exact) mass is 691 g/mol. The summed E-state index contributed by atoms with van der Waals surface area (Å²) in [5.41, 5.74) is 2.05. The Morgan fingerprint density at radius 1 is 1.15 bits per heavy atom. The van der Waals surface area contributed by atoms with Crippen LogP contribution in [-0.2, 0) is 22.5 Å². The topological polar surface area (TPSA) is 88.8 Å².